The lowest BCUT2D eigenvalue weighted by Gasteiger charge is -2.10. The van der Waals surface area contributed by atoms with Crippen molar-refractivity contribution in [3.8, 4) is 17.1 Å². The number of rotatable bonds is 1. The van der Waals surface area contributed by atoms with E-state index in [2.05, 4.69) is 13.0 Å². The number of hydrogen-bond donors (Lipinski definition) is 1. The molecule has 0 unspecified atom stereocenters. The van der Waals surface area contributed by atoms with Crippen molar-refractivity contribution < 1.29 is 9.52 Å². The predicted molar refractivity (Wildman–Crippen MR) is 83.8 cm³/mol. The minimum Gasteiger partial charge on any atom is -0.507 e. The van der Waals surface area contributed by atoms with Gasteiger partial charge in [-0.1, -0.05) is 18.2 Å². The van der Waals surface area contributed by atoms with E-state index in [0.29, 0.717) is 11.1 Å². The third-order valence-electron chi connectivity index (χ3n) is 3.87. The van der Waals surface area contributed by atoms with Crippen molar-refractivity contribution in [1.82, 2.24) is 0 Å². The molecule has 0 saturated heterocycles. The van der Waals surface area contributed by atoms with Gasteiger partial charge in [0, 0.05) is 5.56 Å². The highest BCUT2D eigenvalue weighted by atomic mass is 16.4. The van der Waals surface area contributed by atoms with Crippen LogP contribution in [0.1, 0.15) is 16.7 Å². The molecule has 1 aromatic heterocycles. The van der Waals surface area contributed by atoms with Gasteiger partial charge in [0.2, 0.25) is 0 Å². The molecule has 0 aliphatic heterocycles. The summed E-state index contributed by atoms with van der Waals surface area (Å²) >= 11 is 0. The summed E-state index contributed by atoms with van der Waals surface area (Å²) in [6.45, 7) is 6.08. The van der Waals surface area contributed by atoms with E-state index in [4.69, 9.17) is 4.42 Å². The van der Waals surface area contributed by atoms with Gasteiger partial charge in [-0.2, -0.15) is 0 Å². The Hall–Kier alpha value is -2.55. The van der Waals surface area contributed by atoms with Crippen molar-refractivity contribution in [1.29, 1.82) is 0 Å². The number of benzene rings is 2. The maximum atomic E-state index is 12.1. The fourth-order valence-corrected chi connectivity index (χ4v) is 2.58. The molecule has 3 heteroatoms. The van der Waals surface area contributed by atoms with E-state index in [1.165, 1.54) is 11.6 Å². The van der Waals surface area contributed by atoms with Gasteiger partial charge in [0.25, 0.3) is 0 Å². The first-order valence-corrected chi connectivity index (χ1v) is 6.81. The predicted octanol–water partition coefficient (Wildman–Crippen LogP) is 4.09. The Morgan fingerprint density at radius 2 is 1.67 bits per heavy atom. The van der Waals surface area contributed by atoms with Gasteiger partial charge in [-0.25, -0.2) is 4.79 Å². The lowest BCUT2D eigenvalue weighted by Crippen LogP contribution is -2.01. The van der Waals surface area contributed by atoms with Crippen molar-refractivity contribution in [3.05, 3.63) is 63.5 Å². The molecule has 3 rings (SSSR count). The Balaban J connectivity index is 2.32. The Morgan fingerprint density at radius 3 is 2.43 bits per heavy atom. The van der Waals surface area contributed by atoms with Gasteiger partial charge < -0.3 is 9.52 Å². The van der Waals surface area contributed by atoms with Gasteiger partial charge in [0.05, 0.1) is 0 Å². The van der Waals surface area contributed by atoms with Gasteiger partial charge in [0.15, 0.2) is 0 Å². The molecule has 1 N–H and O–H groups in total. The van der Waals surface area contributed by atoms with Crippen LogP contribution in [-0.2, 0) is 0 Å². The maximum Gasteiger partial charge on any atom is 0.347 e. The molecule has 21 heavy (non-hydrogen) atoms. The normalized spacial score (nSPS) is 11.0. The van der Waals surface area contributed by atoms with E-state index in [1.807, 2.05) is 19.9 Å². The molecule has 1 heterocycles. The third kappa shape index (κ3) is 2.21. The summed E-state index contributed by atoms with van der Waals surface area (Å²) in [5.74, 6) is 0.475. The molecule has 0 atom stereocenters. The second-order valence-corrected chi connectivity index (χ2v) is 5.39. The quantitative estimate of drug-likeness (QED) is 0.730. The first kappa shape index (κ1) is 13.4. The Labute approximate surface area is 122 Å². The van der Waals surface area contributed by atoms with Crippen molar-refractivity contribution in [3.63, 3.8) is 0 Å². The highest BCUT2D eigenvalue weighted by Crippen LogP contribution is 2.29. The molecule has 2 aromatic carbocycles. The molecule has 3 aromatic rings. The fraction of sp³-hybridized carbons (Fsp3) is 0.167. The molecule has 3 nitrogen and oxygen atoms in total. The van der Waals surface area contributed by atoms with E-state index in [-0.39, 0.29) is 11.1 Å². The van der Waals surface area contributed by atoms with Crippen LogP contribution in [0.15, 0.2) is 45.6 Å². The topological polar surface area (TPSA) is 50.4 Å². The number of hydrogen-bond acceptors (Lipinski definition) is 3. The van der Waals surface area contributed by atoms with Crippen molar-refractivity contribution in [2.45, 2.75) is 20.8 Å². The highest BCUT2D eigenvalue weighted by molar-refractivity contribution is 5.89. The highest BCUT2D eigenvalue weighted by Gasteiger charge is 2.12. The van der Waals surface area contributed by atoms with E-state index in [0.717, 1.165) is 16.7 Å². The lowest BCUT2D eigenvalue weighted by molar-refractivity contribution is 0.475. The van der Waals surface area contributed by atoms with E-state index >= 15 is 0 Å². The van der Waals surface area contributed by atoms with E-state index in [9.17, 15) is 9.90 Å². The van der Waals surface area contributed by atoms with Crippen LogP contribution in [0.2, 0.25) is 0 Å². The molecule has 0 aliphatic rings. The van der Waals surface area contributed by atoms with Crippen molar-refractivity contribution in [2.24, 2.45) is 0 Å². The van der Waals surface area contributed by atoms with Crippen LogP contribution in [0.25, 0.3) is 22.1 Å². The largest absolute Gasteiger partial charge is 0.507 e. The second-order valence-electron chi connectivity index (χ2n) is 5.39. The van der Waals surface area contributed by atoms with Crippen molar-refractivity contribution >= 4 is 10.8 Å². The molecular formula is C18H16O3. The first-order valence-electron chi connectivity index (χ1n) is 6.81. The van der Waals surface area contributed by atoms with E-state index < -0.39 is 5.63 Å². The first-order chi connectivity index (χ1) is 9.97. The summed E-state index contributed by atoms with van der Waals surface area (Å²) in [4.78, 5) is 12.1. The van der Waals surface area contributed by atoms with Crippen LogP contribution in [0.5, 0.6) is 5.75 Å². The fourth-order valence-electron chi connectivity index (χ4n) is 2.58. The minimum absolute atomic E-state index is 0.0513. The summed E-state index contributed by atoms with van der Waals surface area (Å²) in [6.07, 6.45) is 0. The number of phenolic OH excluding ortho intramolecular Hbond substituents is 1. The minimum atomic E-state index is -0.516. The number of fused-ring (bicyclic) bond motifs is 1. The smallest absolute Gasteiger partial charge is 0.347 e. The molecule has 0 radical (unpaired) electrons. The second kappa shape index (κ2) is 4.77. The zero-order valence-corrected chi connectivity index (χ0v) is 12.2. The van der Waals surface area contributed by atoms with Gasteiger partial charge in [-0.3, -0.25) is 0 Å². The average molecular weight is 280 g/mol. The van der Waals surface area contributed by atoms with Gasteiger partial charge in [-0.15, -0.1) is 0 Å². The van der Waals surface area contributed by atoms with Crippen LogP contribution >= 0.6 is 0 Å². The summed E-state index contributed by atoms with van der Waals surface area (Å²) < 4.78 is 5.42. The van der Waals surface area contributed by atoms with Crippen LogP contribution < -0.4 is 5.63 Å². The summed E-state index contributed by atoms with van der Waals surface area (Å²) in [5.41, 5.74) is 3.80. The zero-order valence-electron chi connectivity index (χ0n) is 12.2. The van der Waals surface area contributed by atoms with Crippen molar-refractivity contribution in [2.75, 3.05) is 0 Å². The van der Waals surface area contributed by atoms with Crippen LogP contribution in [0.4, 0.5) is 0 Å². The molecule has 0 spiro atoms. The number of aryl methyl sites for hydroxylation is 3. The van der Waals surface area contributed by atoms with Crippen LogP contribution in [0.3, 0.4) is 0 Å². The van der Waals surface area contributed by atoms with Gasteiger partial charge in [-0.05, 0) is 61.0 Å². The number of phenols is 1. The third-order valence-corrected chi connectivity index (χ3v) is 3.87. The summed E-state index contributed by atoms with van der Waals surface area (Å²) in [5, 5.41) is 10.7. The standard InChI is InChI=1S/C18H16O3/c1-10-7-12(3)14(8-11(10)2)16-9-13-5-4-6-15(19)17(13)18(20)21-16/h4-9,19H,1-3H3. The van der Waals surface area contributed by atoms with Gasteiger partial charge in [0.1, 0.15) is 16.9 Å². The summed E-state index contributed by atoms with van der Waals surface area (Å²) in [7, 11) is 0. The molecule has 0 fully saturated rings. The monoisotopic (exact) mass is 280 g/mol. The van der Waals surface area contributed by atoms with E-state index in [1.54, 1.807) is 18.2 Å². The molecule has 0 aliphatic carbocycles. The molecule has 106 valence electrons. The summed E-state index contributed by atoms with van der Waals surface area (Å²) in [6, 6.07) is 10.9. The Kier molecular flexibility index (Phi) is 3.05. The van der Waals surface area contributed by atoms with Crippen LogP contribution in [-0.4, -0.2) is 5.11 Å². The lowest BCUT2D eigenvalue weighted by atomic mass is 9.98. The number of aromatic hydroxyl groups is 1. The van der Waals surface area contributed by atoms with Gasteiger partial charge >= 0.3 is 5.63 Å². The average Bonchev–Trinajstić information content (AvgIpc) is 2.42. The Bertz CT molecular complexity index is 904. The van der Waals surface area contributed by atoms with Crippen LogP contribution in [0, 0.1) is 20.8 Å². The molecule has 0 bridgehead atoms. The SMILES string of the molecule is Cc1cc(C)c(-c2cc3cccc(O)c3c(=O)o2)cc1C. The molecule has 0 amide bonds. The molecule has 0 saturated carbocycles. The molecular weight excluding hydrogens is 264 g/mol. The Morgan fingerprint density at radius 1 is 0.952 bits per heavy atom. The zero-order chi connectivity index (χ0) is 15.1. The maximum absolute atomic E-state index is 12.1.